The minimum atomic E-state index is -3.79. The van der Waals surface area contributed by atoms with Gasteiger partial charge in [-0.1, -0.05) is 23.1 Å². The third-order valence-corrected chi connectivity index (χ3v) is 7.83. The molecule has 13 heteroatoms. The van der Waals surface area contributed by atoms with E-state index in [4.69, 9.17) is 0 Å². The van der Waals surface area contributed by atoms with Crippen LogP contribution in [0.25, 0.3) is 0 Å². The maximum absolute atomic E-state index is 12.6. The summed E-state index contributed by atoms with van der Waals surface area (Å²) in [6.07, 6.45) is 1.90. The number of esters is 1. The molecule has 0 aliphatic rings. The zero-order chi connectivity index (χ0) is 20.7. The number of carbonyl (C=O) groups excluding carboxylic acids is 2. The minimum absolute atomic E-state index is 0.0788. The predicted molar refractivity (Wildman–Crippen MR) is 109 cm³/mol. The molecule has 152 valence electrons. The molecular weight excluding hydrogens is 444 g/mol. The van der Waals surface area contributed by atoms with E-state index in [1.165, 1.54) is 38.1 Å². The van der Waals surface area contributed by atoms with Crippen molar-refractivity contribution >= 4 is 61.9 Å². The number of ether oxygens (including phenoxy) is 1. The van der Waals surface area contributed by atoms with Crippen molar-refractivity contribution in [3.05, 3.63) is 24.3 Å². The summed E-state index contributed by atoms with van der Waals surface area (Å²) in [6.45, 7) is -0.378. The molecule has 0 saturated carbocycles. The third kappa shape index (κ3) is 6.17. The topological polar surface area (TPSA) is 119 Å². The van der Waals surface area contributed by atoms with Gasteiger partial charge in [0.2, 0.25) is 21.1 Å². The van der Waals surface area contributed by atoms with Crippen LogP contribution in [-0.2, 0) is 24.3 Å². The van der Waals surface area contributed by atoms with Gasteiger partial charge < -0.3 is 4.74 Å². The highest BCUT2D eigenvalue weighted by Crippen LogP contribution is 2.25. The Kier molecular flexibility index (Phi) is 8.24. The number of amides is 1. The van der Waals surface area contributed by atoms with Crippen molar-refractivity contribution in [3.8, 4) is 0 Å². The van der Waals surface area contributed by atoms with Crippen molar-refractivity contribution in [2.45, 2.75) is 14.1 Å². The number of benzene rings is 1. The molecule has 1 N–H and O–H groups in total. The fourth-order valence-electron chi connectivity index (χ4n) is 1.87. The van der Waals surface area contributed by atoms with Crippen molar-refractivity contribution in [2.75, 3.05) is 38.0 Å². The molecule has 1 heterocycles. The van der Waals surface area contributed by atoms with Crippen molar-refractivity contribution in [3.63, 3.8) is 0 Å². The summed E-state index contributed by atoms with van der Waals surface area (Å²) in [5.74, 6) is -0.870. The second-order valence-electron chi connectivity index (χ2n) is 5.22. The van der Waals surface area contributed by atoms with Gasteiger partial charge in [0.25, 0.3) is 0 Å². The first-order valence-electron chi connectivity index (χ1n) is 7.69. The molecule has 0 spiro atoms. The van der Waals surface area contributed by atoms with Gasteiger partial charge in [-0.15, -0.1) is 22.0 Å². The standard InChI is InChI=1S/C15H18N4O5S4/c1-19(28(22,23)11-6-4-10(25-3)5-7-11)8-12(20)16-14-17-18-15(27-14)26-9-13(21)24-2/h4-7H,8-9H2,1-3H3,(H,16,17,20). The number of hydrogen-bond acceptors (Lipinski definition) is 10. The Morgan fingerprint density at radius 1 is 1.25 bits per heavy atom. The smallest absolute Gasteiger partial charge is 0.316 e. The third-order valence-electron chi connectivity index (χ3n) is 3.33. The van der Waals surface area contributed by atoms with Gasteiger partial charge in [0, 0.05) is 11.9 Å². The van der Waals surface area contributed by atoms with Gasteiger partial charge in [0.1, 0.15) is 0 Å². The maximum Gasteiger partial charge on any atom is 0.316 e. The Hall–Kier alpha value is -1.67. The van der Waals surface area contributed by atoms with Crippen LogP contribution in [0.15, 0.2) is 38.4 Å². The number of methoxy groups -OCH3 is 1. The van der Waals surface area contributed by atoms with Crippen LogP contribution < -0.4 is 5.32 Å². The van der Waals surface area contributed by atoms with Gasteiger partial charge in [-0.25, -0.2) is 8.42 Å². The minimum Gasteiger partial charge on any atom is -0.468 e. The van der Waals surface area contributed by atoms with Gasteiger partial charge in [0.05, 0.1) is 24.3 Å². The van der Waals surface area contributed by atoms with Crippen LogP contribution >= 0.6 is 34.9 Å². The molecule has 0 bridgehead atoms. The number of hydrogen-bond donors (Lipinski definition) is 1. The summed E-state index contributed by atoms with van der Waals surface area (Å²) in [5.41, 5.74) is 0. The lowest BCUT2D eigenvalue weighted by atomic mass is 10.4. The number of rotatable bonds is 9. The van der Waals surface area contributed by atoms with Crippen molar-refractivity contribution < 1.29 is 22.7 Å². The SMILES string of the molecule is COC(=O)CSc1nnc(NC(=O)CN(C)S(=O)(=O)c2ccc(SC)cc2)s1. The summed E-state index contributed by atoms with van der Waals surface area (Å²) in [5, 5.41) is 10.4. The molecule has 0 atom stereocenters. The molecule has 1 amide bonds. The van der Waals surface area contributed by atoms with Crippen molar-refractivity contribution in [2.24, 2.45) is 0 Å². The molecule has 1 aromatic heterocycles. The molecule has 0 aliphatic heterocycles. The zero-order valence-electron chi connectivity index (χ0n) is 15.2. The van der Waals surface area contributed by atoms with E-state index in [-0.39, 0.29) is 22.3 Å². The quantitative estimate of drug-likeness (QED) is 0.338. The molecular formula is C15H18N4O5S4. The normalized spacial score (nSPS) is 11.4. The zero-order valence-corrected chi connectivity index (χ0v) is 18.5. The largest absolute Gasteiger partial charge is 0.468 e. The fraction of sp³-hybridized carbons (Fsp3) is 0.333. The lowest BCUT2D eigenvalue weighted by Gasteiger charge is -2.16. The monoisotopic (exact) mass is 462 g/mol. The number of nitrogens with one attached hydrogen (secondary N) is 1. The van der Waals surface area contributed by atoms with E-state index >= 15 is 0 Å². The Labute approximate surface area is 175 Å². The maximum atomic E-state index is 12.6. The molecule has 2 rings (SSSR count). The molecule has 0 saturated heterocycles. The lowest BCUT2D eigenvalue weighted by Crippen LogP contribution is -2.34. The summed E-state index contributed by atoms with van der Waals surface area (Å²) in [6, 6.07) is 6.43. The first-order chi connectivity index (χ1) is 13.3. The number of likely N-dealkylation sites (N-methyl/N-ethyl adjacent to an activating group) is 1. The summed E-state index contributed by atoms with van der Waals surface area (Å²) >= 11 is 3.71. The van der Waals surface area contributed by atoms with Crippen LogP contribution in [0.1, 0.15) is 0 Å². The van der Waals surface area contributed by atoms with Crippen LogP contribution in [0.4, 0.5) is 5.13 Å². The molecule has 0 unspecified atom stereocenters. The Balaban J connectivity index is 1.94. The Bertz CT molecular complexity index is 930. The molecule has 1 aromatic carbocycles. The number of nitrogens with zero attached hydrogens (tertiary/aromatic N) is 3. The van der Waals surface area contributed by atoms with E-state index in [1.54, 1.807) is 12.1 Å². The average Bonchev–Trinajstić information content (AvgIpc) is 3.13. The molecule has 0 radical (unpaired) electrons. The number of anilines is 1. The molecule has 9 nitrogen and oxygen atoms in total. The summed E-state index contributed by atoms with van der Waals surface area (Å²) in [4.78, 5) is 24.3. The van der Waals surface area contributed by atoms with E-state index < -0.39 is 21.9 Å². The van der Waals surface area contributed by atoms with Crippen molar-refractivity contribution in [1.29, 1.82) is 0 Å². The first-order valence-corrected chi connectivity index (χ1v) is 12.2. The van der Waals surface area contributed by atoms with Crippen molar-refractivity contribution in [1.82, 2.24) is 14.5 Å². The average molecular weight is 463 g/mol. The van der Waals surface area contributed by atoms with E-state index in [9.17, 15) is 18.0 Å². The number of thioether (sulfide) groups is 2. The second kappa shape index (κ2) is 10.2. The fourth-order valence-corrected chi connectivity index (χ4v) is 5.01. The second-order valence-corrected chi connectivity index (χ2v) is 10.3. The van der Waals surface area contributed by atoms with Crippen LogP contribution in [0.2, 0.25) is 0 Å². The molecule has 2 aromatic rings. The van der Waals surface area contributed by atoms with Crippen LogP contribution in [0.3, 0.4) is 0 Å². The summed E-state index contributed by atoms with van der Waals surface area (Å²) < 4.78 is 31.1. The molecule has 0 aliphatic carbocycles. The van der Waals surface area contributed by atoms with Gasteiger partial charge in [-0.05, 0) is 30.5 Å². The summed E-state index contributed by atoms with van der Waals surface area (Å²) in [7, 11) is -1.18. The Morgan fingerprint density at radius 2 is 1.93 bits per heavy atom. The van der Waals surface area contributed by atoms with Gasteiger partial charge in [-0.3, -0.25) is 14.9 Å². The molecule has 0 fully saturated rings. The Morgan fingerprint density at radius 3 is 2.54 bits per heavy atom. The van der Waals surface area contributed by atoms with Crippen LogP contribution in [0.5, 0.6) is 0 Å². The highest BCUT2D eigenvalue weighted by atomic mass is 32.2. The first kappa shape index (κ1) is 22.6. The highest BCUT2D eigenvalue weighted by Gasteiger charge is 2.23. The van der Waals surface area contributed by atoms with Crippen LogP contribution in [0, 0.1) is 0 Å². The molecule has 28 heavy (non-hydrogen) atoms. The van der Waals surface area contributed by atoms with E-state index in [2.05, 4.69) is 20.3 Å². The number of carbonyl (C=O) groups is 2. The highest BCUT2D eigenvalue weighted by molar-refractivity contribution is 8.01. The van der Waals surface area contributed by atoms with E-state index in [1.807, 2.05) is 6.26 Å². The predicted octanol–water partition coefficient (Wildman–Crippen LogP) is 1.78. The number of aromatic nitrogens is 2. The van der Waals surface area contributed by atoms with Gasteiger partial charge in [-0.2, -0.15) is 4.31 Å². The number of sulfonamides is 1. The lowest BCUT2D eigenvalue weighted by molar-refractivity contribution is -0.137. The van der Waals surface area contributed by atoms with E-state index in [0.29, 0.717) is 4.34 Å². The van der Waals surface area contributed by atoms with Gasteiger partial charge >= 0.3 is 5.97 Å². The van der Waals surface area contributed by atoms with Gasteiger partial charge in [0.15, 0.2) is 4.34 Å². The van der Waals surface area contributed by atoms with Crippen LogP contribution in [-0.4, -0.2) is 67.5 Å². The van der Waals surface area contributed by atoms with E-state index in [0.717, 1.165) is 32.3 Å².